The predicted octanol–water partition coefficient (Wildman–Crippen LogP) is -1.55. The van der Waals surface area contributed by atoms with Crippen molar-refractivity contribution in [3.8, 4) is 0 Å². The highest BCUT2D eigenvalue weighted by molar-refractivity contribution is 7.73. The van der Waals surface area contributed by atoms with Gasteiger partial charge in [0.1, 0.15) is 18.1 Å². The zero-order valence-corrected chi connectivity index (χ0v) is 11.0. The molecule has 2 unspecified atom stereocenters. The third-order valence-electron chi connectivity index (χ3n) is 3.63. The number of aliphatic hydroxyl groups is 5. The molecule has 6 atom stereocenters. The van der Waals surface area contributed by atoms with Crippen LogP contribution in [0.4, 0.5) is 0 Å². The van der Waals surface area contributed by atoms with Crippen LogP contribution in [-0.4, -0.2) is 62.0 Å². The fraction of sp³-hybridized carbons (Fsp3) is 0.500. The zero-order chi connectivity index (χ0) is 14.2. The molecule has 0 saturated carbocycles. The molecule has 1 saturated heterocycles. The lowest BCUT2D eigenvalue weighted by Gasteiger charge is -2.43. The van der Waals surface area contributed by atoms with E-state index in [9.17, 15) is 30.1 Å². The Balaban J connectivity index is 2.54. The van der Waals surface area contributed by atoms with Gasteiger partial charge in [-0.2, -0.15) is 0 Å². The molecule has 6 nitrogen and oxygen atoms in total. The van der Waals surface area contributed by atoms with Gasteiger partial charge < -0.3 is 30.1 Å². The van der Waals surface area contributed by atoms with E-state index >= 15 is 0 Å². The van der Waals surface area contributed by atoms with Gasteiger partial charge in [-0.1, -0.05) is 30.3 Å². The van der Waals surface area contributed by atoms with Gasteiger partial charge in [0, 0.05) is 5.30 Å². The Morgan fingerprint density at radius 1 is 0.947 bits per heavy atom. The molecule has 5 N–H and O–H groups in total. The molecule has 106 valence electrons. The van der Waals surface area contributed by atoms with E-state index < -0.39 is 43.6 Å². The SMILES string of the molecule is O=P1(c2ccccc2)C(O)[C@H](O)[C@@H](O)[C@H](O)[C@H]1CO. The van der Waals surface area contributed by atoms with Crippen molar-refractivity contribution in [3.63, 3.8) is 0 Å². The van der Waals surface area contributed by atoms with E-state index in [-0.39, 0.29) is 5.30 Å². The molecular weight excluding hydrogens is 271 g/mol. The minimum absolute atomic E-state index is 0.256. The average Bonchev–Trinajstić information content (AvgIpc) is 2.44. The van der Waals surface area contributed by atoms with Crippen LogP contribution < -0.4 is 5.30 Å². The maximum absolute atomic E-state index is 13.1. The van der Waals surface area contributed by atoms with Gasteiger partial charge in [0.05, 0.1) is 18.4 Å². The van der Waals surface area contributed by atoms with Gasteiger partial charge in [-0.3, -0.25) is 0 Å². The maximum Gasteiger partial charge on any atom is 0.153 e. The summed E-state index contributed by atoms with van der Waals surface area (Å²) in [6, 6.07) is 7.93. The standard InChI is InChI=1S/C12H17O6P/c13-6-8-9(14)10(15)11(16)12(17)19(8,18)7-4-2-1-3-5-7/h1-5,8-17H,6H2/t8-,9-,10+,11-,12?,19?/m1/s1. The quantitative estimate of drug-likeness (QED) is 0.421. The molecule has 7 heteroatoms. The van der Waals surface area contributed by atoms with E-state index in [4.69, 9.17) is 0 Å². The van der Waals surface area contributed by atoms with E-state index in [1.165, 1.54) is 12.1 Å². The van der Waals surface area contributed by atoms with Gasteiger partial charge in [0.15, 0.2) is 7.14 Å². The molecule has 0 aromatic heterocycles. The van der Waals surface area contributed by atoms with Gasteiger partial charge in [-0.25, -0.2) is 0 Å². The second kappa shape index (κ2) is 5.32. The molecule has 0 bridgehead atoms. The Labute approximate surface area is 110 Å². The van der Waals surface area contributed by atoms with E-state index in [0.29, 0.717) is 0 Å². The molecule has 0 radical (unpaired) electrons. The molecule has 19 heavy (non-hydrogen) atoms. The molecule has 0 aliphatic carbocycles. The fourth-order valence-corrected chi connectivity index (χ4v) is 5.71. The van der Waals surface area contributed by atoms with Crippen LogP contribution >= 0.6 is 7.14 Å². The molecule has 0 spiro atoms. The molecule has 1 heterocycles. The van der Waals surface area contributed by atoms with Crippen molar-refractivity contribution in [2.45, 2.75) is 29.8 Å². The van der Waals surface area contributed by atoms with Crippen LogP contribution in [0.25, 0.3) is 0 Å². The molecule has 1 aromatic rings. The lowest BCUT2D eigenvalue weighted by Crippen LogP contribution is -2.57. The van der Waals surface area contributed by atoms with Crippen LogP contribution in [0.5, 0.6) is 0 Å². The molecule has 1 aliphatic heterocycles. The highest BCUT2D eigenvalue weighted by atomic mass is 31.2. The molecular formula is C12H17O6P. The van der Waals surface area contributed by atoms with Gasteiger partial charge in [0.2, 0.25) is 0 Å². The van der Waals surface area contributed by atoms with Crippen molar-refractivity contribution < 1.29 is 30.1 Å². The summed E-state index contributed by atoms with van der Waals surface area (Å²) in [5, 5.41) is 48.8. The number of hydrogen-bond donors (Lipinski definition) is 5. The topological polar surface area (TPSA) is 118 Å². The first-order chi connectivity index (χ1) is 8.94. The summed E-state index contributed by atoms with van der Waals surface area (Å²) in [4.78, 5) is 0. The minimum Gasteiger partial charge on any atom is -0.395 e. The minimum atomic E-state index is -3.67. The molecule has 2 rings (SSSR count). The summed E-state index contributed by atoms with van der Waals surface area (Å²) >= 11 is 0. The van der Waals surface area contributed by atoms with Crippen molar-refractivity contribution >= 4 is 12.4 Å². The zero-order valence-electron chi connectivity index (χ0n) is 10.1. The van der Waals surface area contributed by atoms with E-state index in [2.05, 4.69) is 0 Å². The first-order valence-corrected chi connectivity index (χ1v) is 7.77. The summed E-state index contributed by atoms with van der Waals surface area (Å²) in [6.45, 7) is -0.659. The average molecular weight is 288 g/mol. The molecule has 1 aliphatic rings. The van der Waals surface area contributed by atoms with Crippen LogP contribution in [0.15, 0.2) is 30.3 Å². The third-order valence-corrected chi connectivity index (χ3v) is 7.28. The summed E-state index contributed by atoms with van der Waals surface area (Å²) < 4.78 is 13.1. The van der Waals surface area contributed by atoms with E-state index in [1.807, 2.05) is 0 Å². The predicted molar refractivity (Wildman–Crippen MR) is 68.6 cm³/mol. The Hall–Kier alpha value is -0.750. The maximum atomic E-state index is 13.1. The molecule has 1 fully saturated rings. The monoisotopic (exact) mass is 288 g/mol. The van der Waals surface area contributed by atoms with Gasteiger partial charge in [-0.15, -0.1) is 0 Å². The van der Waals surface area contributed by atoms with Crippen molar-refractivity contribution in [2.24, 2.45) is 0 Å². The Kier molecular flexibility index (Phi) is 4.11. The normalized spacial score (nSPS) is 43.1. The van der Waals surface area contributed by atoms with Crippen LogP contribution in [-0.2, 0) is 4.57 Å². The Bertz CT molecular complexity index is 478. The molecule has 0 amide bonds. The van der Waals surface area contributed by atoms with Crippen LogP contribution in [0.3, 0.4) is 0 Å². The molecule has 1 aromatic carbocycles. The Morgan fingerprint density at radius 3 is 2.05 bits per heavy atom. The van der Waals surface area contributed by atoms with Crippen LogP contribution in [0, 0.1) is 0 Å². The smallest absolute Gasteiger partial charge is 0.153 e. The van der Waals surface area contributed by atoms with Crippen molar-refractivity contribution in [3.05, 3.63) is 30.3 Å². The lowest BCUT2D eigenvalue weighted by molar-refractivity contribution is -0.101. The van der Waals surface area contributed by atoms with Crippen molar-refractivity contribution in [1.82, 2.24) is 0 Å². The summed E-state index contributed by atoms with van der Waals surface area (Å²) in [7, 11) is -3.67. The van der Waals surface area contributed by atoms with Gasteiger partial charge in [0.25, 0.3) is 0 Å². The summed E-state index contributed by atoms with van der Waals surface area (Å²) in [5.74, 6) is -1.72. The number of rotatable bonds is 2. The number of aliphatic hydroxyl groups excluding tert-OH is 5. The van der Waals surface area contributed by atoms with E-state index in [0.717, 1.165) is 0 Å². The third kappa shape index (κ3) is 2.14. The fourth-order valence-electron chi connectivity index (χ4n) is 2.49. The Morgan fingerprint density at radius 2 is 1.53 bits per heavy atom. The van der Waals surface area contributed by atoms with Gasteiger partial charge >= 0.3 is 0 Å². The highest BCUT2D eigenvalue weighted by Crippen LogP contribution is 2.58. The second-order valence-electron chi connectivity index (χ2n) is 4.68. The van der Waals surface area contributed by atoms with Crippen LogP contribution in [0.1, 0.15) is 0 Å². The van der Waals surface area contributed by atoms with Gasteiger partial charge in [-0.05, 0) is 0 Å². The van der Waals surface area contributed by atoms with Crippen LogP contribution in [0.2, 0.25) is 0 Å². The summed E-state index contributed by atoms with van der Waals surface area (Å²) in [6.07, 6.45) is -4.92. The summed E-state index contributed by atoms with van der Waals surface area (Å²) in [5.41, 5.74) is -1.21. The first kappa shape index (κ1) is 14.7. The van der Waals surface area contributed by atoms with E-state index in [1.54, 1.807) is 18.2 Å². The van der Waals surface area contributed by atoms with Crippen molar-refractivity contribution in [2.75, 3.05) is 6.61 Å². The highest BCUT2D eigenvalue weighted by Gasteiger charge is 2.56. The second-order valence-corrected chi connectivity index (χ2v) is 7.81. The lowest BCUT2D eigenvalue weighted by atomic mass is 10.0. The number of benzene rings is 1. The van der Waals surface area contributed by atoms with Crippen molar-refractivity contribution in [1.29, 1.82) is 0 Å². The largest absolute Gasteiger partial charge is 0.395 e. The number of hydrogen-bond acceptors (Lipinski definition) is 6. The first-order valence-electron chi connectivity index (χ1n) is 5.92.